The van der Waals surface area contributed by atoms with Gasteiger partial charge in [0.15, 0.2) is 0 Å². The minimum atomic E-state index is -0.775. The van der Waals surface area contributed by atoms with Crippen molar-refractivity contribution >= 4 is 11.9 Å². The third kappa shape index (κ3) is 4.48. The zero-order chi connectivity index (χ0) is 18.5. The first-order valence-electron chi connectivity index (χ1n) is 9.06. The van der Waals surface area contributed by atoms with Gasteiger partial charge in [0.2, 0.25) is 0 Å². The Hall–Kier alpha value is -2.69. The van der Waals surface area contributed by atoms with E-state index in [1.807, 2.05) is 36.1 Å². The topological polar surface area (TPSA) is 70.5 Å². The van der Waals surface area contributed by atoms with Crippen LogP contribution in [0.4, 0.5) is 0 Å². The van der Waals surface area contributed by atoms with Gasteiger partial charge in [0.05, 0.1) is 5.56 Å². The van der Waals surface area contributed by atoms with E-state index in [1.165, 1.54) is 0 Å². The lowest BCUT2D eigenvalue weighted by molar-refractivity contribution is -0.137. The Morgan fingerprint density at radius 2 is 2.08 bits per heavy atom. The molecule has 1 fully saturated rings. The number of aromatic nitrogens is 1. The maximum absolute atomic E-state index is 12.9. The van der Waals surface area contributed by atoms with Crippen LogP contribution < -0.4 is 0 Å². The second kappa shape index (κ2) is 8.13. The van der Waals surface area contributed by atoms with E-state index >= 15 is 0 Å². The van der Waals surface area contributed by atoms with Crippen LogP contribution in [-0.2, 0) is 4.79 Å². The van der Waals surface area contributed by atoms with Crippen LogP contribution in [0.3, 0.4) is 0 Å². The van der Waals surface area contributed by atoms with Crippen molar-refractivity contribution < 1.29 is 14.7 Å². The van der Waals surface area contributed by atoms with Crippen LogP contribution in [0.15, 0.2) is 42.7 Å². The Kier molecular flexibility index (Phi) is 5.66. The summed E-state index contributed by atoms with van der Waals surface area (Å²) in [6.45, 7) is 3.38. The van der Waals surface area contributed by atoms with E-state index in [9.17, 15) is 9.59 Å². The number of nitrogens with zero attached hydrogens (tertiary/aromatic N) is 2. The van der Waals surface area contributed by atoms with Gasteiger partial charge >= 0.3 is 5.97 Å². The Bertz CT molecular complexity index is 803. The van der Waals surface area contributed by atoms with Crippen molar-refractivity contribution in [3.8, 4) is 11.1 Å². The van der Waals surface area contributed by atoms with Crippen LogP contribution in [0.2, 0.25) is 0 Å². The molecule has 5 nitrogen and oxygen atoms in total. The highest BCUT2D eigenvalue weighted by atomic mass is 16.4. The first-order valence-corrected chi connectivity index (χ1v) is 9.06. The average molecular weight is 352 g/mol. The molecule has 1 saturated heterocycles. The maximum atomic E-state index is 12.9. The van der Waals surface area contributed by atoms with Gasteiger partial charge in [0.25, 0.3) is 5.91 Å². The molecule has 136 valence electrons. The Morgan fingerprint density at radius 3 is 2.85 bits per heavy atom. The van der Waals surface area contributed by atoms with E-state index in [1.54, 1.807) is 12.4 Å². The normalized spacial score (nSPS) is 17.1. The summed E-state index contributed by atoms with van der Waals surface area (Å²) in [7, 11) is 0. The van der Waals surface area contributed by atoms with E-state index in [-0.39, 0.29) is 18.2 Å². The summed E-state index contributed by atoms with van der Waals surface area (Å²) in [6.07, 6.45) is 6.08. The first-order chi connectivity index (χ1) is 12.5. The zero-order valence-corrected chi connectivity index (χ0v) is 15.0. The molecule has 0 bridgehead atoms. The van der Waals surface area contributed by atoms with Crippen LogP contribution in [-0.4, -0.2) is 40.0 Å². The third-order valence-electron chi connectivity index (χ3n) is 4.91. The van der Waals surface area contributed by atoms with Crippen LogP contribution >= 0.6 is 0 Å². The molecule has 5 heteroatoms. The summed E-state index contributed by atoms with van der Waals surface area (Å²) in [5.74, 6) is -0.535. The molecule has 0 spiro atoms. The van der Waals surface area contributed by atoms with Crippen LogP contribution in [0, 0.1) is 12.8 Å². The first kappa shape index (κ1) is 18.1. The number of likely N-dealkylation sites (tertiary alicyclic amines) is 1. The highest BCUT2D eigenvalue weighted by Gasteiger charge is 2.25. The molecule has 1 N–H and O–H groups in total. The fraction of sp³-hybridized carbons (Fsp3) is 0.381. The van der Waals surface area contributed by atoms with Gasteiger partial charge in [-0.3, -0.25) is 14.6 Å². The molecule has 1 aromatic carbocycles. The number of carboxylic acids is 1. The SMILES string of the molecule is Cc1cccc(-c2cncc(C(=O)N3CCCC(CCC(=O)O)C3)c2)c1. The molecule has 2 aromatic rings. The predicted molar refractivity (Wildman–Crippen MR) is 99.9 cm³/mol. The third-order valence-corrected chi connectivity index (χ3v) is 4.91. The number of piperidine rings is 1. The highest BCUT2D eigenvalue weighted by molar-refractivity contribution is 5.95. The Labute approximate surface area is 153 Å². The van der Waals surface area contributed by atoms with Crippen molar-refractivity contribution in [3.05, 3.63) is 53.9 Å². The molecule has 1 atom stereocenters. The van der Waals surface area contributed by atoms with E-state index < -0.39 is 5.97 Å². The lowest BCUT2D eigenvalue weighted by Crippen LogP contribution is -2.40. The smallest absolute Gasteiger partial charge is 0.303 e. The molecule has 1 aliphatic heterocycles. The fourth-order valence-corrected chi connectivity index (χ4v) is 3.53. The lowest BCUT2D eigenvalue weighted by atomic mass is 9.93. The highest BCUT2D eigenvalue weighted by Crippen LogP contribution is 2.24. The minimum Gasteiger partial charge on any atom is -0.481 e. The van der Waals surface area contributed by atoms with Crippen molar-refractivity contribution in [2.75, 3.05) is 13.1 Å². The molecular weight excluding hydrogens is 328 g/mol. The van der Waals surface area contributed by atoms with Crippen molar-refractivity contribution in [1.29, 1.82) is 0 Å². The van der Waals surface area contributed by atoms with E-state index in [0.717, 1.165) is 36.1 Å². The summed E-state index contributed by atoms with van der Waals surface area (Å²) >= 11 is 0. The lowest BCUT2D eigenvalue weighted by Gasteiger charge is -2.32. The van der Waals surface area contributed by atoms with Gasteiger partial charge in [0, 0.05) is 37.5 Å². The standard InChI is InChI=1S/C21H24N2O3/c1-15-4-2-6-17(10-15)18-11-19(13-22-12-18)21(26)23-9-3-5-16(14-23)7-8-20(24)25/h2,4,6,10-13,16H,3,5,7-9,14H2,1H3,(H,24,25). The molecule has 1 unspecified atom stereocenters. The number of aliphatic carboxylic acids is 1. The predicted octanol–water partition coefficient (Wildman–Crippen LogP) is 3.77. The molecule has 0 saturated carbocycles. The van der Waals surface area contributed by atoms with Crippen molar-refractivity contribution in [1.82, 2.24) is 9.88 Å². The number of aryl methyl sites for hydroxylation is 1. The number of carboxylic acid groups (broad SMARTS) is 1. The molecule has 1 aliphatic rings. The number of benzene rings is 1. The summed E-state index contributed by atoms with van der Waals surface area (Å²) in [5.41, 5.74) is 3.73. The monoisotopic (exact) mass is 352 g/mol. The van der Waals surface area contributed by atoms with Gasteiger partial charge in [-0.2, -0.15) is 0 Å². The summed E-state index contributed by atoms with van der Waals surface area (Å²) < 4.78 is 0. The van der Waals surface area contributed by atoms with Crippen LogP contribution in [0.5, 0.6) is 0 Å². The van der Waals surface area contributed by atoms with Gasteiger partial charge in [0.1, 0.15) is 0 Å². The molecule has 1 aromatic heterocycles. The van der Waals surface area contributed by atoms with E-state index in [4.69, 9.17) is 5.11 Å². The number of amides is 1. The largest absolute Gasteiger partial charge is 0.481 e. The summed E-state index contributed by atoms with van der Waals surface area (Å²) in [5, 5.41) is 8.87. The van der Waals surface area contributed by atoms with Crippen molar-refractivity contribution in [2.45, 2.75) is 32.6 Å². The van der Waals surface area contributed by atoms with Gasteiger partial charge in [-0.15, -0.1) is 0 Å². The minimum absolute atomic E-state index is 0.0213. The van der Waals surface area contributed by atoms with Gasteiger partial charge < -0.3 is 10.0 Å². The molecule has 26 heavy (non-hydrogen) atoms. The van der Waals surface area contributed by atoms with E-state index in [0.29, 0.717) is 18.5 Å². The molecule has 0 radical (unpaired) electrons. The van der Waals surface area contributed by atoms with Crippen molar-refractivity contribution in [2.24, 2.45) is 5.92 Å². The second-order valence-electron chi connectivity index (χ2n) is 7.02. The zero-order valence-electron chi connectivity index (χ0n) is 15.0. The summed E-state index contributed by atoms with van der Waals surface area (Å²) in [6, 6.07) is 10.0. The number of carbonyl (C=O) groups excluding carboxylic acids is 1. The van der Waals surface area contributed by atoms with Crippen LogP contribution in [0.1, 0.15) is 41.6 Å². The van der Waals surface area contributed by atoms with Crippen LogP contribution in [0.25, 0.3) is 11.1 Å². The van der Waals surface area contributed by atoms with Crippen molar-refractivity contribution in [3.63, 3.8) is 0 Å². The summed E-state index contributed by atoms with van der Waals surface area (Å²) in [4.78, 5) is 29.8. The Balaban J connectivity index is 1.73. The average Bonchev–Trinajstić information content (AvgIpc) is 2.66. The Morgan fingerprint density at radius 1 is 1.23 bits per heavy atom. The quantitative estimate of drug-likeness (QED) is 0.889. The molecule has 0 aliphatic carbocycles. The van der Waals surface area contributed by atoms with E-state index in [2.05, 4.69) is 11.1 Å². The second-order valence-corrected chi connectivity index (χ2v) is 7.02. The maximum Gasteiger partial charge on any atom is 0.303 e. The number of hydrogen-bond donors (Lipinski definition) is 1. The van der Waals surface area contributed by atoms with Gasteiger partial charge in [-0.25, -0.2) is 0 Å². The number of carbonyl (C=O) groups is 2. The molecule has 2 heterocycles. The van der Waals surface area contributed by atoms with Gasteiger partial charge in [-0.1, -0.05) is 29.8 Å². The molecular formula is C21H24N2O3. The molecule has 3 rings (SSSR count). The number of hydrogen-bond acceptors (Lipinski definition) is 3. The fourth-order valence-electron chi connectivity index (χ4n) is 3.53. The van der Waals surface area contributed by atoms with Gasteiger partial charge in [-0.05, 0) is 43.7 Å². The molecule has 1 amide bonds. The number of pyridine rings is 1. The number of rotatable bonds is 5.